The van der Waals surface area contributed by atoms with Gasteiger partial charge in [0, 0.05) is 6.07 Å². The number of Topliss-reactive ketones (excluding diaryl/α,β-unsaturated/α-hetero) is 1. The lowest BCUT2D eigenvalue weighted by Crippen LogP contribution is -2.61. The van der Waals surface area contributed by atoms with E-state index in [1.807, 2.05) is 0 Å². The van der Waals surface area contributed by atoms with Crippen LogP contribution < -0.4 is 9.47 Å². The fraction of sp³-hybridized carbons (Fsp3) is 0.481. The molecule has 2 heterocycles. The number of ether oxygens (including phenoxy) is 6. The van der Waals surface area contributed by atoms with Gasteiger partial charge in [-0.15, -0.1) is 0 Å². The number of phenols is 3. The van der Waals surface area contributed by atoms with E-state index in [0.717, 1.165) is 12.1 Å². The Bertz CT molecular complexity index is 1290. The number of hydrogen-bond donors (Lipinski definition) is 8. The van der Waals surface area contributed by atoms with Crippen LogP contribution in [0.4, 0.5) is 0 Å². The summed E-state index contributed by atoms with van der Waals surface area (Å²) in [5.74, 6) is -3.61. The number of methoxy groups -OCH3 is 1. The molecule has 2 aliphatic rings. The minimum Gasteiger partial charge on any atom is -0.504 e. The van der Waals surface area contributed by atoms with Gasteiger partial charge in [-0.2, -0.15) is 0 Å². The molecule has 0 saturated carbocycles. The van der Waals surface area contributed by atoms with Gasteiger partial charge in [0.15, 0.2) is 35.4 Å². The Kier molecular flexibility index (Phi) is 9.93. The average Bonchev–Trinajstić information content (AvgIpc) is 2.98. The summed E-state index contributed by atoms with van der Waals surface area (Å²) in [6.07, 6.45) is -14.6. The lowest BCUT2D eigenvalue weighted by atomic mass is 9.99. The molecule has 16 nitrogen and oxygen atoms in total. The highest BCUT2D eigenvalue weighted by Crippen LogP contribution is 2.36. The molecule has 9 atom stereocenters. The topological polar surface area (TPSA) is 251 Å². The zero-order valence-corrected chi connectivity index (χ0v) is 22.8. The van der Waals surface area contributed by atoms with Crippen LogP contribution in [0.1, 0.15) is 27.6 Å². The molecule has 0 aromatic heterocycles. The number of rotatable bonds is 9. The van der Waals surface area contributed by atoms with Crippen molar-refractivity contribution < 1.29 is 78.9 Å². The first-order valence-corrected chi connectivity index (χ1v) is 12.9. The third-order valence-corrected chi connectivity index (χ3v) is 6.90. The summed E-state index contributed by atoms with van der Waals surface area (Å²) < 4.78 is 32.3. The minimum absolute atomic E-state index is 0.0216. The molecule has 0 unspecified atom stereocenters. The molecule has 0 amide bonds. The summed E-state index contributed by atoms with van der Waals surface area (Å²) in [6, 6.07) is 5.98. The molecule has 0 aliphatic carbocycles. The highest BCUT2D eigenvalue weighted by molar-refractivity contribution is 5.97. The zero-order chi connectivity index (χ0) is 31.6. The summed E-state index contributed by atoms with van der Waals surface area (Å²) in [7, 11) is 1.39. The van der Waals surface area contributed by atoms with Crippen molar-refractivity contribution in [2.24, 2.45) is 0 Å². The molecule has 43 heavy (non-hydrogen) atoms. The summed E-state index contributed by atoms with van der Waals surface area (Å²) in [4.78, 5) is 24.5. The van der Waals surface area contributed by atoms with Crippen LogP contribution in [-0.2, 0) is 18.9 Å². The molecule has 16 heteroatoms. The van der Waals surface area contributed by atoms with Crippen LogP contribution in [0.5, 0.6) is 28.7 Å². The third-order valence-electron chi connectivity index (χ3n) is 6.90. The summed E-state index contributed by atoms with van der Waals surface area (Å²) >= 11 is 0. The number of carbonyl (C=O) groups is 2. The standard InChI is InChI=1S/C27H32O16/c1-10(28)13-4-3-12(38-2)7-16(13)42-27-24(36)22(34)20(32)18(43-27)9-40-26-23(35)21(33)17(8-39-26)41-25(37)11-5-14(29)19(31)15(30)6-11/h3-7,17-18,20-24,26-27,29-36H,8-9H2,1-2H3/t17-,18-,20-,21+,22+,23-,24-,26+,27-/m1/s1. The van der Waals surface area contributed by atoms with Crippen LogP contribution >= 0.6 is 0 Å². The Hall–Kier alpha value is -3.74. The summed E-state index contributed by atoms with van der Waals surface area (Å²) in [5.41, 5.74) is -0.231. The molecule has 0 spiro atoms. The zero-order valence-electron chi connectivity index (χ0n) is 22.8. The number of benzene rings is 2. The molecule has 2 aromatic rings. The highest BCUT2D eigenvalue weighted by Gasteiger charge is 2.47. The van der Waals surface area contributed by atoms with Gasteiger partial charge < -0.3 is 69.3 Å². The Morgan fingerprint density at radius 3 is 2.16 bits per heavy atom. The monoisotopic (exact) mass is 612 g/mol. The van der Waals surface area contributed by atoms with E-state index in [1.54, 1.807) is 0 Å². The van der Waals surface area contributed by atoms with E-state index in [1.165, 1.54) is 32.2 Å². The molecule has 2 aliphatic heterocycles. The summed E-state index contributed by atoms with van der Waals surface area (Å²) in [5, 5.41) is 81.0. The predicted molar refractivity (Wildman–Crippen MR) is 139 cm³/mol. The molecular formula is C27H32O16. The fourth-order valence-electron chi connectivity index (χ4n) is 4.43. The van der Waals surface area contributed by atoms with Crippen molar-refractivity contribution in [3.63, 3.8) is 0 Å². The lowest BCUT2D eigenvalue weighted by Gasteiger charge is -2.41. The van der Waals surface area contributed by atoms with Crippen molar-refractivity contribution in [1.29, 1.82) is 0 Å². The number of aromatic hydroxyl groups is 3. The highest BCUT2D eigenvalue weighted by atomic mass is 16.7. The Labute approximate surface area is 243 Å². The summed E-state index contributed by atoms with van der Waals surface area (Å²) in [6.45, 7) is 0.267. The van der Waals surface area contributed by atoms with E-state index in [0.29, 0.717) is 5.75 Å². The van der Waals surface area contributed by atoms with Gasteiger partial charge in [0.2, 0.25) is 6.29 Å². The van der Waals surface area contributed by atoms with Crippen LogP contribution in [0.3, 0.4) is 0 Å². The van der Waals surface area contributed by atoms with Crippen LogP contribution in [0.15, 0.2) is 30.3 Å². The van der Waals surface area contributed by atoms with Gasteiger partial charge in [-0.25, -0.2) is 4.79 Å². The Balaban J connectivity index is 1.38. The second-order valence-electron chi connectivity index (χ2n) is 9.87. The maximum atomic E-state index is 12.4. The Morgan fingerprint density at radius 1 is 0.884 bits per heavy atom. The maximum absolute atomic E-state index is 12.4. The van der Waals surface area contributed by atoms with Crippen molar-refractivity contribution in [3.05, 3.63) is 41.5 Å². The lowest BCUT2D eigenvalue weighted by molar-refractivity contribution is -0.307. The van der Waals surface area contributed by atoms with Crippen molar-refractivity contribution in [2.45, 2.75) is 62.2 Å². The van der Waals surface area contributed by atoms with Crippen molar-refractivity contribution in [1.82, 2.24) is 0 Å². The number of ketones is 1. The molecule has 236 valence electrons. The first-order valence-electron chi connectivity index (χ1n) is 12.9. The maximum Gasteiger partial charge on any atom is 0.338 e. The smallest absolute Gasteiger partial charge is 0.338 e. The second-order valence-corrected chi connectivity index (χ2v) is 9.87. The predicted octanol–water partition coefficient (Wildman–Crippen LogP) is -1.48. The van der Waals surface area contributed by atoms with Crippen molar-refractivity contribution >= 4 is 11.8 Å². The third kappa shape index (κ3) is 6.92. The first-order chi connectivity index (χ1) is 20.3. The van der Waals surface area contributed by atoms with Crippen LogP contribution in [0, 0.1) is 0 Å². The number of hydrogen-bond acceptors (Lipinski definition) is 16. The van der Waals surface area contributed by atoms with Crippen LogP contribution in [0.2, 0.25) is 0 Å². The number of esters is 1. The van der Waals surface area contributed by atoms with Gasteiger partial charge in [0.1, 0.15) is 48.1 Å². The largest absolute Gasteiger partial charge is 0.504 e. The van der Waals surface area contributed by atoms with Crippen LogP contribution in [0.25, 0.3) is 0 Å². The molecular weight excluding hydrogens is 580 g/mol. The van der Waals surface area contributed by atoms with E-state index in [2.05, 4.69) is 0 Å². The SMILES string of the molecule is COc1ccc(C(C)=O)c(O[C@@H]2O[C@H](CO[C@@H]3OC[C@@H](OC(=O)c4cc(O)c(O)c(O)c4)[C@H](O)[C@H]3O)[C@@H](O)[C@H](O)[C@H]2O)c1. The molecule has 2 aromatic carbocycles. The van der Waals surface area contributed by atoms with Gasteiger partial charge in [0.05, 0.1) is 31.5 Å². The van der Waals surface area contributed by atoms with E-state index in [4.69, 9.17) is 28.4 Å². The number of carbonyl (C=O) groups excluding carboxylic acids is 2. The van der Waals surface area contributed by atoms with Gasteiger partial charge in [-0.3, -0.25) is 4.79 Å². The second kappa shape index (κ2) is 13.3. The van der Waals surface area contributed by atoms with Crippen molar-refractivity contribution in [3.8, 4) is 28.7 Å². The molecule has 2 fully saturated rings. The van der Waals surface area contributed by atoms with Crippen molar-refractivity contribution in [2.75, 3.05) is 20.3 Å². The number of aliphatic hydroxyl groups excluding tert-OH is 5. The average molecular weight is 613 g/mol. The normalized spacial score (nSPS) is 30.8. The Morgan fingerprint density at radius 2 is 1.53 bits per heavy atom. The van der Waals surface area contributed by atoms with Crippen LogP contribution in [-0.4, -0.2) is 128 Å². The van der Waals surface area contributed by atoms with E-state index < -0.39 is 91.7 Å². The van der Waals surface area contributed by atoms with E-state index >= 15 is 0 Å². The minimum atomic E-state index is -1.79. The molecule has 8 N–H and O–H groups in total. The molecule has 0 radical (unpaired) electrons. The fourth-order valence-corrected chi connectivity index (χ4v) is 4.43. The van der Waals surface area contributed by atoms with Gasteiger partial charge in [-0.05, 0) is 31.2 Å². The van der Waals surface area contributed by atoms with Gasteiger partial charge in [-0.1, -0.05) is 0 Å². The quantitative estimate of drug-likeness (QED) is 0.0913. The molecule has 2 saturated heterocycles. The molecule has 0 bridgehead atoms. The number of aliphatic hydroxyl groups is 5. The van der Waals surface area contributed by atoms with E-state index in [-0.39, 0.29) is 22.7 Å². The number of phenolic OH excluding ortho intramolecular Hbond substituents is 3. The first kappa shape index (κ1) is 32.2. The molecule has 4 rings (SSSR count). The van der Waals surface area contributed by atoms with Gasteiger partial charge >= 0.3 is 5.97 Å². The van der Waals surface area contributed by atoms with Gasteiger partial charge in [0.25, 0.3) is 0 Å². The van der Waals surface area contributed by atoms with E-state index in [9.17, 15) is 50.4 Å².